The zero-order valence-corrected chi connectivity index (χ0v) is 10.2. The van der Waals surface area contributed by atoms with E-state index in [0.29, 0.717) is 12.3 Å². The van der Waals surface area contributed by atoms with Crippen LogP contribution in [0.2, 0.25) is 0 Å². The maximum absolute atomic E-state index is 13.5. The average Bonchev–Trinajstić information content (AvgIpc) is 2.21. The van der Waals surface area contributed by atoms with Gasteiger partial charge in [0.25, 0.3) is 0 Å². The van der Waals surface area contributed by atoms with E-state index in [1.807, 2.05) is 13.8 Å². The number of benzene rings is 1. The van der Waals surface area contributed by atoms with E-state index >= 15 is 0 Å². The predicted octanol–water partition coefficient (Wildman–Crippen LogP) is 2.75. The number of rotatable bonds is 4. The zero-order valence-electron chi connectivity index (χ0n) is 10.2. The molecule has 0 unspecified atom stereocenters. The fourth-order valence-corrected chi connectivity index (χ4v) is 1.28. The monoisotopic (exact) mass is 240 g/mol. The van der Waals surface area contributed by atoms with Crippen LogP contribution >= 0.6 is 0 Å². The van der Waals surface area contributed by atoms with E-state index < -0.39 is 5.82 Å². The lowest BCUT2D eigenvalue weighted by Crippen LogP contribution is -2.34. The summed E-state index contributed by atoms with van der Waals surface area (Å²) in [6.07, 6.45) is 0. The van der Waals surface area contributed by atoms with E-state index in [0.717, 1.165) is 0 Å². The number of urea groups is 1. The lowest BCUT2D eigenvalue weighted by Gasteiger charge is -2.11. The number of amides is 2. The summed E-state index contributed by atoms with van der Waals surface area (Å²) in [5.74, 6) is -0.309. The number of hydrogen-bond acceptors (Lipinski definition) is 2. The van der Waals surface area contributed by atoms with Crippen LogP contribution in [0.4, 0.5) is 14.9 Å². The van der Waals surface area contributed by atoms with Gasteiger partial charge in [-0.25, -0.2) is 9.18 Å². The largest absolute Gasteiger partial charge is 0.491 e. The SMILES string of the molecule is CCOc1ccc(NC(=O)NC(C)C)cc1F. The Balaban J connectivity index is 2.67. The first kappa shape index (κ1) is 13.3. The van der Waals surface area contributed by atoms with Gasteiger partial charge < -0.3 is 15.4 Å². The van der Waals surface area contributed by atoms with Crippen molar-refractivity contribution in [3.8, 4) is 5.75 Å². The van der Waals surface area contributed by atoms with Gasteiger partial charge in [-0.05, 0) is 32.9 Å². The third-order valence-corrected chi connectivity index (χ3v) is 1.91. The molecule has 0 aliphatic rings. The molecule has 0 aliphatic heterocycles. The van der Waals surface area contributed by atoms with E-state index in [1.54, 1.807) is 13.0 Å². The highest BCUT2D eigenvalue weighted by atomic mass is 19.1. The molecule has 17 heavy (non-hydrogen) atoms. The molecule has 5 heteroatoms. The van der Waals surface area contributed by atoms with E-state index in [1.165, 1.54) is 12.1 Å². The van der Waals surface area contributed by atoms with Gasteiger partial charge in [0, 0.05) is 17.8 Å². The van der Waals surface area contributed by atoms with Crippen molar-refractivity contribution in [1.29, 1.82) is 0 Å². The lowest BCUT2D eigenvalue weighted by atomic mass is 10.3. The van der Waals surface area contributed by atoms with Gasteiger partial charge in [0.05, 0.1) is 6.61 Å². The first-order valence-corrected chi connectivity index (χ1v) is 5.52. The molecule has 2 N–H and O–H groups in total. The summed E-state index contributed by atoms with van der Waals surface area (Å²) in [6, 6.07) is 3.98. The van der Waals surface area contributed by atoms with Crippen LogP contribution in [0.15, 0.2) is 18.2 Å². The molecule has 2 amide bonds. The van der Waals surface area contributed by atoms with E-state index in [-0.39, 0.29) is 17.8 Å². The van der Waals surface area contributed by atoms with Gasteiger partial charge in [0.2, 0.25) is 0 Å². The van der Waals surface area contributed by atoms with Crippen molar-refractivity contribution in [1.82, 2.24) is 5.32 Å². The van der Waals surface area contributed by atoms with Crippen LogP contribution in [0.3, 0.4) is 0 Å². The lowest BCUT2D eigenvalue weighted by molar-refractivity contribution is 0.250. The number of ether oxygens (including phenoxy) is 1. The second-order valence-electron chi connectivity index (χ2n) is 3.83. The molecular formula is C12H17FN2O2. The Morgan fingerprint density at radius 3 is 2.71 bits per heavy atom. The van der Waals surface area contributed by atoms with Gasteiger partial charge in [0.15, 0.2) is 11.6 Å². The highest BCUT2D eigenvalue weighted by molar-refractivity contribution is 5.89. The molecule has 94 valence electrons. The van der Waals surface area contributed by atoms with Gasteiger partial charge in [-0.1, -0.05) is 0 Å². The number of nitrogens with one attached hydrogen (secondary N) is 2. The third-order valence-electron chi connectivity index (χ3n) is 1.91. The van der Waals surface area contributed by atoms with Crippen LogP contribution in [-0.2, 0) is 0 Å². The van der Waals surface area contributed by atoms with Crippen molar-refractivity contribution in [3.63, 3.8) is 0 Å². The van der Waals surface area contributed by atoms with Crippen molar-refractivity contribution in [2.45, 2.75) is 26.8 Å². The molecule has 0 saturated heterocycles. The smallest absolute Gasteiger partial charge is 0.319 e. The van der Waals surface area contributed by atoms with Crippen molar-refractivity contribution >= 4 is 11.7 Å². The Morgan fingerprint density at radius 2 is 2.18 bits per heavy atom. The Kier molecular flexibility index (Phi) is 4.75. The van der Waals surface area contributed by atoms with Crippen molar-refractivity contribution < 1.29 is 13.9 Å². The van der Waals surface area contributed by atoms with Crippen LogP contribution in [0.25, 0.3) is 0 Å². The molecule has 4 nitrogen and oxygen atoms in total. The van der Waals surface area contributed by atoms with E-state index in [4.69, 9.17) is 4.74 Å². The number of anilines is 1. The molecule has 0 spiro atoms. The summed E-state index contributed by atoms with van der Waals surface area (Å²) in [7, 11) is 0. The van der Waals surface area contributed by atoms with Crippen LogP contribution in [0.1, 0.15) is 20.8 Å². The molecule has 0 bridgehead atoms. The van der Waals surface area contributed by atoms with Gasteiger partial charge in [-0.2, -0.15) is 0 Å². The van der Waals surface area contributed by atoms with E-state index in [9.17, 15) is 9.18 Å². The molecule has 0 radical (unpaired) electrons. The molecular weight excluding hydrogens is 223 g/mol. The second-order valence-corrected chi connectivity index (χ2v) is 3.83. The molecule has 0 aliphatic carbocycles. The molecule has 1 aromatic rings. The fourth-order valence-electron chi connectivity index (χ4n) is 1.28. The summed E-state index contributed by atoms with van der Waals surface area (Å²) >= 11 is 0. The minimum Gasteiger partial charge on any atom is -0.491 e. The molecule has 0 aromatic heterocycles. The number of carbonyl (C=O) groups excluding carboxylic acids is 1. The average molecular weight is 240 g/mol. The summed E-state index contributed by atoms with van der Waals surface area (Å²) in [5, 5.41) is 5.18. The summed E-state index contributed by atoms with van der Waals surface area (Å²) in [5.41, 5.74) is 0.393. The van der Waals surface area contributed by atoms with Crippen molar-refractivity contribution in [3.05, 3.63) is 24.0 Å². The second kappa shape index (κ2) is 6.08. The zero-order chi connectivity index (χ0) is 12.8. The standard InChI is InChI=1S/C12H17FN2O2/c1-4-17-11-6-5-9(7-10(11)13)15-12(16)14-8(2)3/h5-8H,4H2,1-3H3,(H2,14,15,16). The number of carbonyl (C=O) groups is 1. The predicted molar refractivity (Wildman–Crippen MR) is 64.9 cm³/mol. The molecule has 0 atom stereocenters. The van der Waals surface area contributed by atoms with Crippen LogP contribution in [0.5, 0.6) is 5.75 Å². The van der Waals surface area contributed by atoms with Gasteiger partial charge >= 0.3 is 6.03 Å². The molecule has 1 rings (SSSR count). The quantitative estimate of drug-likeness (QED) is 0.850. The first-order valence-electron chi connectivity index (χ1n) is 5.52. The van der Waals surface area contributed by atoms with Crippen molar-refractivity contribution in [2.24, 2.45) is 0 Å². The molecule has 1 aromatic carbocycles. The first-order chi connectivity index (χ1) is 8.02. The van der Waals surface area contributed by atoms with Crippen molar-refractivity contribution in [2.75, 3.05) is 11.9 Å². The summed E-state index contributed by atoms with van der Waals surface area (Å²) in [4.78, 5) is 11.4. The maximum atomic E-state index is 13.5. The van der Waals surface area contributed by atoms with Gasteiger partial charge in [-0.15, -0.1) is 0 Å². The Morgan fingerprint density at radius 1 is 1.47 bits per heavy atom. The Bertz CT molecular complexity index is 394. The molecule has 0 saturated carbocycles. The highest BCUT2D eigenvalue weighted by Crippen LogP contribution is 2.20. The van der Waals surface area contributed by atoms with E-state index in [2.05, 4.69) is 10.6 Å². The van der Waals surface area contributed by atoms with Gasteiger partial charge in [0.1, 0.15) is 0 Å². The Labute approximate surface area is 100 Å². The molecule has 0 fully saturated rings. The topological polar surface area (TPSA) is 50.4 Å². The minimum absolute atomic E-state index is 0.0301. The number of halogens is 1. The summed E-state index contributed by atoms with van der Waals surface area (Å²) < 4.78 is 18.5. The normalized spacial score (nSPS) is 10.2. The van der Waals surface area contributed by atoms with Crippen LogP contribution in [-0.4, -0.2) is 18.7 Å². The van der Waals surface area contributed by atoms with Gasteiger partial charge in [-0.3, -0.25) is 0 Å². The molecule has 0 heterocycles. The highest BCUT2D eigenvalue weighted by Gasteiger charge is 2.07. The maximum Gasteiger partial charge on any atom is 0.319 e. The fraction of sp³-hybridized carbons (Fsp3) is 0.417. The summed E-state index contributed by atoms with van der Waals surface area (Å²) in [6.45, 7) is 5.87. The number of hydrogen-bond donors (Lipinski definition) is 2. The third kappa shape index (κ3) is 4.30. The van der Waals surface area contributed by atoms with Crippen LogP contribution < -0.4 is 15.4 Å². The Hall–Kier alpha value is -1.78. The van der Waals surface area contributed by atoms with Crippen LogP contribution in [0, 0.1) is 5.82 Å². The minimum atomic E-state index is -0.491.